The van der Waals surface area contributed by atoms with Gasteiger partial charge in [-0.15, -0.1) is 0 Å². The lowest BCUT2D eigenvalue weighted by molar-refractivity contribution is -0.143. The first-order chi connectivity index (χ1) is 17.0. The van der Waals surface area contributed by atoms with Gasteiger partial charge in [-0.05, 0) is 74.7 Å². The third kappa shape index (κ3) is 8.38. The van der Waals surface area contributed by atoms with Crippen LogP contribution >= 0.6 is 27.5 Å². The van der Waals surface area contributed by atoms with Crippen LogP contribution < -0.4 is 10.1 Å². The van der Waals surface area contributed by atoms with Gasteiger partial charge in [-0.3, -0.25) is 9.59 Å². The predicted octanol–water partition coefficient (Wildman–Crippen LogP) is 6.34. The van der Waals surface area contributed by atoms with Gasteiger partial charge >= 0.3 is 0 Å². The molecule has 0 saturated carbocycles. The molecule has 7 heteroatoms. The van der Waals surface area contributed by atoms with Gasteiger partial charge in [0.15, 0.2) is 6.61 Å². The average Bonchev–Trinajstić information content (AvgIpc) is 2.81. The molecule has 0 bridgehead atoms. The van der Waals surface area contributed by atoms with E-state index in [-0.39, 0.29) is 25.0 Å². The minimum absolute atomic E-state index is 0.199. The second-order valence-corrected chi connectivity index (χ2v) is 11.1. The summed E-state index contributed by atoms with van der Waals surface area (Å²) in [7, 11) is 0. The Balaban J connectivity index is 1.93. The number of halogens is 2. The van der Waals surface area contributed by atoms with Gasteiger partial charge in [-0.1, -0.05) is 70.0 Å². The summed E-state index contributed by atoms with van der Waals surface area (Å²) >= 11 is 9.70. The lowest BCUT2D eigenvalue weighted by atomic mass is 10.0. The van der Waals surface area contributed by atoms with E-state index in [1.54, 1.807) is 17.0 Å². The van der Waals surface area contributed by atoms with Crippen LogP contribution in [-0.2, 0) is 22.6 Å². The maximum absolute atomic E-state index is 13.6. The van der Waals surface area contributed by atoms with Crippen LogP contribution in [0.2, 0.25) is 5.02 Å². The Labute approximate surface area is 226 Å². The summed E-state index contributed by atoms with van der Waals surface area (Å²) in [6.45, 7) is 7.75. The third-order valence-corrected chi connectivity index (χ3v) is 6.63. The minimum Gasteiger partial charge on any atom is -0.484 e. The van der Waals surface area contributed by atoms with Crippen molar-refractivity contribution in [3.63, 3.8) is 0 Å². The Kier molecular flexibility index (Phi) is 9.57. The van der Waals surface area contributed by atoms with Gasteiger partial charge in [0.1, 0.15) is 11.8 Å². The molecular weight excluding hydrogens is 540 g/mol. The maximum Gasteiger partial charge on any atom is 0.261 e. The molecule has 0 spiro atoms. The quantitative estimate of drug-likeness (QED) is 0.326. The molecule has 2 amide bonds. The Hall–Kier alpha value is -2.83. The van der Waals surface area contributed by atoms with Crippen molar-refractivity contribution in [3.8, 4) is 5.75 Å². The smallest absolute Gasteiger partial charge is 0.261 e. The highest BCUT2D eigenvalue weighted by molar-refractivity contribution is 9.10. The Bertz CT molecular complexity index is 1190. The number of benzene rings is 3. The number of aryl methyl sites for hydroxylation is 1. The van der Waals surface area contributed by atoms with Gasteiger partial charge in [0.25, 0.3) is 5.91 Å². The second-order valence-electron chi connectivity index (χ2n) is 9.80. The zero-order valence-electron chi connectivity index (χ0n) is 21.1. The van der Waals surface area contributed by atoms with Crippen molar-refractivity contribution >= 4 is 39.3 Å². The van der Waals surface area contributed by atoms with Gasteiger partial charge in [-0.2, -0.15) is 0 Å². The van der Waals surface area contributed by atoms with E-state index >= 15 is 0 Å². The number of ether oxygens (including phenoxy) is 1. The maximum atomic E-state index is 13.6. The van der Waals surface area contributed by atoms with Gasteiger partial charge in [-0.25, -0.2) is 0 Å². The van der Waals surface area contributed by atoms with E-state index in [1.807, 2.05) is 88.4 Å². The predicted molar refractivity (Wildman–Crippen MR) is 148 cm³/mol. The zero-order valence-corrected chi connectivity index (χ0v) is 23.4. The Morgan fingerprint density at radius 2 is 1.69 bits per heavy atom. The van der Waals surface area contributed by atoms with E-state index in [0.29, 0.717) is 17.2 Å². The number of rotatable bonds is 9. The highest BCUT2D eigenvalue weighted by Crippen LogP contribution is 2.22. The van der Waals surface area contributed by atoms with Crippen molar-refractivity contribution in [2.75, 3.05) is 6.61 Å². The normalized spacial score (nSPS) is 12.1. The molecule has 0 aliphatic carbocycles. The average molecular weight is 572 g/mol. The number of amides is 2. The molecule has 0 aromatic heterocycles. The summed E-state index contributed by atoms with van der Waals surface area (Å²) in [5.74, 6) is 0.0762. The van der Waals surface area contributed by atoms with Gasteiger partial charge < -0.3 is 15.0 Å². The van der Waals surface area contributed by atoms with Crippen LogP contribution in [0.15, 0.2) is 77.3 Å². The highest BCUT2D eigenvalue weighted by Gasteiger charge is 2.32. The summed E-state index contributed by atoms with van der Waals surface area (Å²) in [4.78, 5) is 28.8. The van der Waals surface area contributed by atoms with Crippen LogP contribution in [0.3, 0.4) is 0 Å². The zero-order chi connectivity index (χ0) is 26.3. The standard InChI is InChI=1S/C29H32BrClN2O3/c1-20-15-24(13-14-25(20)30)36-19-27(34)33(18-22-11-8-12-23(31)16-22)26(28(35)32-29(2,3)4)17-21-9-6-5-7-10-21/h5-16,26H,17-19H2,1-4H3,(H,32,35)/t26-/m1/s1. The molecule has 190 valence electrons. The van der Waals surface area contributed by atoms with E-state index in [1.165, 1.54) is 0 Å². The summed E-state index contributed by atoms with van der Waals surface area (Å²) in [6.07, 6.45) is 0.368. The van der Waals surface area contributed by atoms with Crippen molar-refractivity contribution in [2.24, 2.45) is 0 Å². The summed E-state index contributed by atoms with van der Waals surface area (Å²) in [5.41, 5.74) is 2.33. The fraction of sp³-hybridized carbons (Fsp3) is 0.310. The molecule has 0 heterocycles. The topological polar surface area (TPSA) is 58.6 Å². The van der Waals surface area contributed by atoms with Crippen molar-refractivity contribution in [3.05, 3.63) is 99.0 Å². The second kappa shape index (κ2) is 12.4. The lowest BCUT2D eigenvalue weighted by Crippen LogP contribution is -2.55. The molecule has 3 aromatic rings. The number of hydrogen-bond acceptors (Lipinski definition) is 3. The van der Waals surface area contributed by atoms with Crippen LogP contribution in [0.4, 0.5) is 0 Å². The fourth-order valence-electron chi connectivity index (χ4n) is 3.77. The highest BCUT2D eigenvalue weighted by atomic mass is 79.9. The van der Waals surface area contributed by atoms with Crippen LogP contribution in [0.5, 0.6) is 5.75 Å². The lowest BCUT2D eigenvalue weighted by Gasteiger charge is -2.33. The van der Waals surface area contributed by atoms with Crippen LogP contribution in [0, 0.1) is 6.92 Å². The van der Waals surface area contributed by atoms with E-state index in [0.717, 1.165) is 21.2 Å². The monoisotopic (exact) mass is 570 g/mol. The molecule has 1 atom stereocenters. The van der Waals surface area contributed by atoms with Crippen molar-refractivity contribution in [2.45, 2.75) is 52.2 Å². The molecule has 0 saturated heterocycles. The molecule has 3 rings (SSSR count). The number of nitrogens with one attached hydrogen (secondary N) is 1. The van der Waals surface area contributed by atoms with Crippen molar-refractivity contribution in [1.82, 2.24) is 10.2 Å². The SMILES string of the molecule is Cc1cc(OCC(=O)N(Cc2cccc(Cl)c2)[C@H](Cc2ccccc2)C(=O)NC(C)(C)C)ccc1Br. The molecule has 1 N–H and O–H groups in total. The molecule has 0 unspecified atom stereocenters. The molecule has 0 aliphatic rings. The molecule has 36 heavy (non-hydrogen) atoms. The van der Waals surface area contributed by atoms with E-state index < -0.39 is 11.6 Å². The third-order valence-electron chi connectivity index (χ3n) is 5.50. The summed E-state index contributed by atoms with van der Waals surface area (Å²) < 4.78 is 6.82. The van der Waals surface area contributed by atoms with Gasteiger partial charge in [0.05, 0.1) is 0 Å². The molecule has 0 fully saturated rings. The van der Waals surface area contributed by atoms with Crippen molar-refractivity contribution < 1.29 is 14.3 Å². The molecule has 5 nitrogen and oxygen atoms in total. The van der Waals surface area contributed by atoms with Crippen LogP contribution in [-0.4, -0.2) is 34.9 Å². The van der Waals surface area contributed by atoms with E-state index in [2.05, 4.69) is 21.2 Å². The van der Waals surface area contributed by atoms with Crippen molar-refractivity contribution in [1.29, 1.82) is 0 Å². The van der Waals surface area contributed by atoms with E-state index in [9.17, 15) is 9.59 Å². The van der Waals surface area contributed by atoms with Crippen LogP contribution in [0.25, 0.3) is 0 Å². The molecular formula is C29H32BrClN2O3. The first-order valence-corrected chi connectivity index (χ1v) is 13.0. The van der Waals surface area contributed by atoms with Gasteiger partial charge in [0.2, 0.25) is 5.91 Å². The molecule has 3 aromatic carbocycles. The Morgan fingerprint density at radius 3 is 2.33 bits per heavy atom. The Morgan fingerprint density at radius 1 is 1.00 bits per heavy atom. The summed E-state index contributed by atoms with van der Waals surface area (Å²) in [5, 5.41) is 3.62. The number of nitrogens with zero attached hydrogens (tertiary/aromatic N) is 1. The van der Waals surface area contributed by atoms with Crippen LogP contribution in [0.1, 0.15) is 37.5 Å². The largest absolute Gasteiger partial charge is 0.484 e. The molecule has 0 radical (unpaired) electrons. The fourth-order valence-corrected chi connectivity index (χ4v) is 4.23. The number of carbonyl (C=O) groups excluding carboxylic acids is 2. The first kappa shape index (κ1) is 27.8. The van der Waals surface area contributed by atoms with E-state index in [4.69, 9.17) is 16.3 Å². The first-order valence-electron chi connectivity index (χ1n) is 11.8. The van der Waals surface area contributed by atoms with Gasteiger partial charge in [0, 0.05) is 28.0 Å². The number of hydrogen-bond donors (Lipinski definition) is 1. The molecule has 0 aliphatic heterocycles. The minimum atomic E-state index is -0.742. The number of carbonyl (C=O) groups is 2. The summed E-state index contributed by atoms with van der Waals surface area (Å²) in [6, 6.07) is 21.8.